The lowest BCUT2D eigenvalue weighted by atomic mass is 9.91. The molecule has 10 heteroatoms. The van der Waals surface area contributed by atoms with Crippen LogP contribution in [-0.2, 0) is 30.0 Å². The van der Waals surface area contributed by atoms with Crippen LogP contribution >= 0.6 is 11.6 Å². The molecule has 0 saturated heterocycles. The molecule has 2 amide bonds. The van der Waals surface area contributed by atoms with Gasteiger partial charge in [0.2, 0.25) is 11.8 Å². The fraction of sp³-hybridized carbons (Fsp3) is 0.560. The fourth-order valence-electron chi connectivity index (χ4n) is 3.71. The van der Waals surface area contributed by atoms with E-state index in [1.54, 1.807) is 25.1 Å². The molecule has 0 bridgehead atoms. The van der Waals surface area contributed by atoms with Crippen LogP contribution in [0.3, 0.4) is 0 Å². The normalized spacial score (nSPS) is 13.8. The molecule has 0 aromatic heterocycles. The maximum absolute atomic E-state index is 13.1. The average molecular weight is 527 g/mol. The molecule has 0 radical (unpaired) electrons. The maximum Gasteiger partial charge on any atom is 0.315 e. The predicted octanol–water partition coefficient (Wildman–Crippen LogP) is 3.88. The summed E-state index contributed by atoms with van der Waals surface area (Å²) in [6.07, 6.45) is 1.27. The number of carbonyl (C=O) groups is 3. The highest BCUT2D eigenvalue weighted by Gasteiger charge is 2.39. The van der Waals surface area contributed by atoms with E-state index in [0.717, 1.165) is 29.8 Å². The quantitative estimate of drug-likeness (QED) is 0.204. The molecule has 8 nitrogen and oxygen atoms in total. The lowest BCUT2D eigenvalue weighted by Crippen LogP contribution is -2.53. The van der Waals surface area contributed by atoms with Gasteiger partial charge in [-0.2, -0.15) is 0 Å². The summed E-state index contributed by atoms with van der Waals surface area (Å²) < 4.78 is 16.5. The van der Waals surface area contributed by atoms with Gasteiger partial charge in [-0.3, -0.25) is 14.4 Å². The first-order valence-electron chi connectivity index (χ1n) is 11.8. The molecule has 1 unspecified atom stereocenters. The molecule has 0 fully saturated rings. The van der Waals surface area contributed by atoms with Gasteiger partial charge in [-0.15, -0.1) is 0 Å². The molecule has 0 heterocycles. The molecule has 0 aliphatic heterocycles. The van der Waals surface area contributed by atoms with Crippen LogP contribution in [-0.4, -0.2) is 59.5 Å². The number of hydrogen-bond donors (Lipinski definition) is 2. The number of hydrogen-bond acceptors (Lipinski definition) is 6. The largest absolute Gasteiger partial charge is 0.495 e. The highest BCUT2D eigenvalue weighted by Crippen LogP contribution is 2.27. The Morgan fingerprint density at radius 2 is 1.80 bits per heavy atom. The van der Waals surface area contributed by atoms with Crippen LogP contribution in [0.1, 0.15) is 33.3 Å². The van der Waals surface area contributed by atoms with Gasteiger partial charge >= 0.3 is 5.97 Å². The van der Waals surface area contributed by atoms with Crippen LogP contribution in [0.25, 0.3) is 0 Å². The van der Waals surface area contributed by atoms with Gasteiger partial charge < -0.3 is 24.5 Å². The highest BCUT2D eigenvalue weighted by atomic mass is 35.5. The van der Waals surface area contributed by atoms with Crippen LogP contribution < -0.4 is 15.4 Å². The maximum atomic E-state index is 13.1. The lowest BCUT2D eigenvalue weighted by Gasteiger charge is -2.34. The van der Waals surface area contributed by atoms with E-state index in [4.69, 9.17) is 25.5 Å². The number of rotatable bonds is 15. The van der Waals surface area contributed by atoms with Gasteiger partial charge in [-0.05, 0) is 48.8 Å². The number of carbonyl (C=O) groups excluding carboxylic acids is 3. The lowest BCUT2D eigenvalue weighted by molar-refractivity contribution is -0.153. The molecule has 1 rings (SSSR count). The van der Waals surface area contributed by atoms with Crippen molar-refractivity contribution in [1.82, 2.24) is 10.6 Å². The van der Waals surface area contributed by atoms with Crippen molar-refractivity contribution in [1.29, 1.82) is 0 Å². The third-order valence-electron chi connectivity index (χ3n) is 6.44. The third kappa shape index (κ3) is 8.66. The summed E-state index contributed by atoms with van der Waals surface area (Å²) >= 11 is 6.21. The molecule has 0 saturated carbocycles. The Kier molecular flexibility index (Phi) is 12.5. The second-order valence-electron chi connectivity index (χ2n) is 8.74. The Morgan fingerprint density at radius 3 is 2.29 bits per heavy atom. The van der Waals surface area contributed by atoms with Gasteiger partial charge in [0, 0.05) is 13.0 Å². The van der Waals surface area contributed by atoms with Crippen molar-refractivity contribution in [2.24, 2.45) is 5.41 Å². The zero-order chi connectivity index (χ0) is 26.6. The number of benzene rings is 1. The highest BCUT2D eigenvalue weighted by molar-refractivity contribution is 6.73. The van der Waals surface area contributed by atoms with Crippen molar-refractivity contribution in [3.63, 3.8) is 0 Å². The minimum Gasteiger partial charge on any atom is -0.495 e. The molecule has 35 heavy (non-hydrogen) atoms. The van der Waals surface area contributed by atoms with E-state index < -0.39 is 37.6 Å². The molecule has 0 aliphatic carbocycles. The molecule has 0 spiro atoms. The zero-order valence-corrected chi connectivity index (χ0v) is 23.4. The zero-order valence-electron chi connectivity index (χ0n) is 21.7. The van der Waals surface area contributed by atoms with E-state index >= 15 is 0 Å². The van der Waals surface area contributed by atoms with E-state index in [2.05, 4.69) is 38.0 Å². The molecule has 0 aliphatic rings. The predicted molar refractivity (Wildman–Crippen MR) is 140 cm³/mol. The third-order valence-corrected chi connectivity index (χ3v) is 11.4. The molecular formula is C25H39ClN2O6Si. The summed E-state index contributed by atoms with van der Waals surface area (Å²) in [6, 6.07) is 7.03. The first kappa shape index (κ1) is 30.7. The minimum absolute atomic E-state index is 0.00996. The van der Waals surface area contributed by atoms with Gasteiger partial charge in [0.05, 0.1) is 25.8 Å². The van der Waals surface area contributed by atoms with E-state index in [1.807, 2.05) is 0 Å². The first-order chi connectivity index (χ1) is 16.5. The van der Waals surface area contributed by atoms with Crippen LogP contribution in [0.5, 0.6) is 5.75 Å². The number of esters is 1. The topological polar surface area (TPSA) is 103 Å². The Morgan fingerprint density at radius 1 is 1.17 bits per heavy atom. The van der Waals surface area contributed by atoms with E-state index in [-0.39, 0.29) is 19.6 Å². The van der Waals surface area contributed by atoms with Crippen molar-refractivity contribution in [3.05, 3.63) is 41.4 Å². The standard InChI is InChI=1S/C25H39ClN2O6Si/c1-8-22(29)28-20(15-18-12-13-21(32-6)19(26)14-18)23(30)27-16-25(5,24(31)33-7)17-34-35(9-2,10-3)11-4/h8,12-14,20H,1,9-11,15-17H2,2-7H3,(H,27,30)(H,28,29)/t20-,25?/m1/s1. The van der Waals surface area contributed by atoms with Gasteiger partial charge in [0.15, 0.2) is 8.32 Å². The van der Waals surface area contributed by atoms with Crippen molar-refractivity contribution in [3.8, 4) is 5.75 Å². The number of nitrogens with one attached hydrogen (secondary N) is 2. The second kappa shape index (κ2) is 14.3. The number of amides is 2. The Hall–Kier alpha value is -2.36. The average Bonchev–Trinajstić information content (AvgIpc) is 2.87. The summed E-state index contributed by atoms with van der Waals surface area (Å²) in [7, 11) is 0.858. The fourth-order valence-corrected chi connectivity index (χ4v) is 6.73. The molecule has 196 valence electrons. The van der Waals surface area contributed by atoms with Crippen LogP contribution in [0.4, 0.5) is 0 Å². The Balaban J connectivity index is 3.05. The van der Waals surface area contributed by atoms with Crippen molar-refractivity contribution in [2.45, 2.75) is 58.3 Å². The molecule has 2 atom stereocenters. The van der Waals surface area contributed by atoms with Crippen LogP contribution in [0, 0.1) is 5.41 Å². The summed E-state index contributed by atoms with van der Waals surface area (Å²) in [6.45, 7) is 11.6. The van der Waals surface area contributed by atoms with E-state index in [1.165, 1.54) is 14.2 Å². The summed E-state index contributed by atoms with van der Waals surface area (Å²) in [5.41, 5.74) is -0.359. The van der Waals surface area contributed by atoms with Crippen LogP contribution in [0.15, 0.2) is 30.9 Å². The van der Waals surface area contributed by atoms with Gasteiger partial charge in [-0.25, -0.2) is 0 Å². The Bertz CT molecular complexity index is 884. The number of ether oxygens (including phenoxy) is 2. The van der Waals surface area contributed by atoms with Crippen molar-refractivity contribution < 1.29 is 28.3 Å². The smallest absolute Gasteiger partial charge is 0.315 e. The van der Waals surface area contributed by atoms with Crippen molar-refractivity contribution >= 4 is 37.7 Å². The molecule has 1 aromatic rings. The molecular weight excluding hydrogens is 488 g/mol. The second-order valence-corrected chi connectivity index (χ2v) is 13.9. The van der Waals surface area contributed by atoms with Gasteiger partial charge in [0.1, 0.15) is 17.2 Å². The number of halogens is 1. The Labute approximate surface area is 214 Å². The summed E-state index contributed by atoms with van der Waals surface area (Å²) in [5, 5.41) is 5.84. The molecule has 2 N–H and O–H groups in total. The molecule has 1 aromatic carbocycles. The van der Waals surface area contributed by atoms with E-state index in [9.17, 15) is 14.4 Å². The monoisotopic (exact) mass is 526 g/mol. The summed E-state index contributed by atoms with van der Waals surface area (Å²) in [5.74, 6) is -0.912. The minimum atomic E-state index is -1.97. The van der Waals surface area contributed by atoms with Crippen molar-refractivity contribution in [2.75, 3.05) is 27.4 Å². The first-order valence-corrected chi connectivity index (χ1v) is 14.7. The van der Waals surface area contributed by atoms with Gasteiger partial charge in [-0.1, -0.05) is 45.0 Å². The number of methoxy groups -OCH3 is 2. The van der Waals surface area contributed by atoms with Crippen LogP contribution in [0.2, 0.25) is 23.2 Å². The summed E-state index contributed by atoms with van der Waals surface area (Å²) in [4.78, 5) is 37.8. The SMILES string of the molecule is C=CC(=O)N[C@H](Cc1ccc(OC)c(Cl)c1)C(=O)NCC(C)(CO[Si](CC)(CC)CC)C(=O)OC. The van der Waals surface area contributed by atoms with Gasteiger partial charge in [0.25, 0.3) is 0 Å². The van der Waals surface area contributed by atoms with E-state index in [0.29, 0.717) is 10.8 Å².